The number of hydrogen-bond donors (Lipinski definition) is 1. The fourth-order valence-electron chi connectivity index (χ4n) is 0.961. The third-order valence-corrected chi connectivity index (χ3v) is 3.58. The second-order valence-corrected chi connectivity index (χ2v) is 5.77. The van der Waals surface area contributed by atoms with Gasteiger partial charge in [-0.2, -0.15) is 0 Å². The molecule has 51 valence electrons. The van der Waals surface area contributed by atoms with E-state index in [0.29, 0.717) is 0 Å². The summed E-state index contributed by atoms with van der Waals surface area (Å²) in [4.78, 5) is 4.28. The molecular formula is C7H4NS2Zn. The fourth-order valence-corrected chi connectivity index (χ4v) is 2.70. The number of fused-ring (bicyclic) bond motifs is 1. The summed E-state index contributed by atoms with van der Waals surface area (Å²) in [5.41, 5.74) is 1.09. The second-order valence-electron chi connectivity index (χ2n) is 2.30. The molecule has 0 spiro atoms. The van der Waals surface area contributed by atoms with Crippen molar-refractivity contribution in [3.63, 3.8) is 0 Å². The van der Waals surface area contributed by atoms with E-state index in [0.717, 1.165) is 9.86 Å². The average molecular weight is 232 g/mol. The Hall–Kier alpha value is 0.0834. The zero-order valence-electron chi connectivity index (χ0n) is 5.74. The molecular weight excluding hydrogens is 228 g/mol. The Bertz CT molecular complexity index is 396. The summed E-state index contributed by atoms with van der Waals surface area (Å²) in [5, 5.41) is 0. The van der Waals surface area contributed by atoms with Crippen LogP contribution in [0.3, 0.4) is 0 Å². The molecule has 0 aliphatic carbocycles. The molecule has 0 amide bonds. The van der Waals surface area contributed by atoms with Gasteiger partial charge in [-0.25, -0.2) is 0 Å². The van der Waals surface area contributed by atoms with Gasteiger partial charge in [0.25, 0.3) is 0 Å². The number of aromatic nitrogens is 1. The van der Waals surface area contributed by atoms with Gasteiger partial charge in [0.15, 0.2) is 0 Å². The van der Waals surface area contributed by atoms with Crippen molar-refractivity contribution in [3.05, 3.63) is 18.2 Å². The summed E-state index contributed by atoms with van der Waals surface area (Å²) in [6.07, 6.45) is 0. The third-order valence-electron chi connectivity index (χ3n) is 1.44. The van der Waals surface area contributed by atoms with Crippen molar-refractivity contribution >= 4 is 38.3 Å². The molecule has 1 nitrogen and oxygen atoms in total. The molecule has 1 heterocycles. The van der Waals surface area contributed by atoms with Gasteiger partial charge in [-0.05, 0) is 0 Å². The molecule has 0 unspecified atom stereocenters. The monoisotopic (exact) mass is 230 g/mol. The molecule has 0 bridgehead atoms. The quantitative estimate of drug-likeness (QED) is 0.539. The van der Waals surface area contributed by atoms with Crippen molar-refractivity contribution < 1.29 is 18.3 Å². The van der Waals surface area contributed by atoms with Crippen LogP contribution in [0.5, 0.6) is 0 Å². The third kappa shape index (κ3) is 1.48. The van der Waals surface area contributed by atoms with Gasteiger partial charge >= 0.3 is 84.2 Å². The first kappa shape index (κ1) is 7.72. The number of nitrogens with zero attached hydrogens (tertiary/aromatic N) is 1. The molecule has 2 aromatic rings. The van der Waals surface area contributed by atoms with E-state index in [1.54, 1.807) is 11.3 Å². The first-order valence-electron chi connectivity index (χ1n) is 3.17. The normalized spacial score (nSPS) is 10.8. The Labute approximate surface area is 83.9 Å². The van der Waals surface area contributed by atoms with Crippen LogP contribution < -0.4 is 4.16 Å². The van der Waals surface area contributed by atoms with E-state index in [9.17, 15) is 0 Å². The maximum absolute atomic E-state index is 4.28. The van der Waals surface area contributed by atoms with Crippen LogP contribution in [-0.4, -0.2) is 4.98 Å². The number of benzene rings is 1. The SMILES string of the molecule is Sc1nc2c[c]([Zn])ccc2s1. The van der Waals surface area contributed by atoms with E-state index >= 15 is 0 Å². The average Bonchev–Trinajstić information content (AvgIpc) is 2.27. The van der Waals surface area contributed by atoms with Gasteiger partial charge in [0.1, 0.15) is 0 Å². The molecule has 2 rings (SSSR count). The summed E-state index contributed by atoms with van der Waals surface area (Å²) >= 11 is 7.01. The van der Waals surface area contributed by atoms with Crippen LogP contribution >= 0.6 is 24.0 Å². The van der Waals surface area contributed by atoms with E-state index in [-0.39, 0.29) is 0 Å². The summed E-state index contributed by atoms with van der Waals surface area (Å²) in [5.74, 6) is 0. The molecule has 0 radical (unpaired) electrons. The Kier molecular flexibility index (Phi) is 2.00. The zero-order valence-corrected chi connectivity index (χ0v) is 10.4. The summed E-state index contributed by atoms with van der Waals surface area (Å²) in [6.45, 7) is 0. The molecule has 0 N–H and O–H groups in total. The van der Waals surface area contributed by atoms with Crippen LogP contribution in [0.1, 0.15) is 0 Å². The minimum atomic E-state index is 0.852. The van der Waals surface area contributed by atoms with Crippen LogP contribution in [-0.2, 0) is 18.3 Å². The number of thiol groups is 1. The van der Waals surface area contributed by atoms with Crippen molar-refractivity contribution in [2.24, 2.45) is 0 Å². The van der Waals surface area contributed by atoms with Gasteiger partial charge in [0.2, 0.25) is 0 Å². The van der Waals surface area contributed by atoms with Crippen molar-refractivity contribution in [2.45, 2.75) is 4.34 Å². The predicted octanol–water partition coefficient (Wildman–Crippen LogP) is 1.76. The summed E-state index contributed by atoms with van der Waals surface area (Å²) in [7, 11) is 0. The standard InChI is InChI=1S/C7H4NS2.Zn/c9-7-8-5-3-1-2-4-6(5)10-7;/h2-4H,(H,8,9);. The molecule has 1 aromatic heterocycles. The second kappa shape index (κ2) is 2.85. The van der Waals surface area contributed by atoms with Crippen LogP contribution in [0.4, 0.5) is 0 Å². The van der Waals surface area contributed by atoms with Crippen molar-refractivity contribution in [3.8, 4) is 0 Å². The van der Waals surface area contributed by atoms with Crippen LogP contribution in [0, 0.1) is 0 Å². The topological polar surface area (TPSA) is 12.9 Å². The van der Waals surface area contributed by atoms with Crippen LogP contribution in [0.2, 0.25) is 0 Å². The van der Waals surface area contributed by atoms with Crippen molar-refractivity contribution in [1.29, 1.82) is 0 Å². The van der Waals surface area contributed by atoms with Crippen LogP contribution in [0.15, 0.2) is 22.5 Å². The molecule has 0 aliphatic rings. The molecule has 0 saturated carbocycles. The van der Waals surface area contributed by atoms with Gasteiger partial charge in [-0.1, -0.05) is 0 Å². The molecule has 1 aromatic carbocycles. The molecule has 11 heavy (non-hydrogen) atoms. The van der Waals surface area contributed by atoms with Crippen molar-refractivity contribution in [2.75, 3.05) is 0 Å². The Morgan fingerprint density at radius 3 is 3.09 bits per heavy atom. The first-order valence-corrected chi connectivity index (χ1v) is 5.92. The first-order chi connectivity index (χ1) is 5.25. The molecule has 0 atom stereocenters. The van der Waals surface area contributed by atoms with E-state index in [4.69, 9.17) is 0 Å². The van der Waals surface area contributed by atoms with Gasteiger partial charge in [-0.15, -0.1) is 0 Å². The summed E-state index contributed by atoms with van der Waals surface area (Å²) < 4.78 is 3.45. The van der Waals surface area contributed by atoms with Crippen LogP contribution in [0.25, 0.3) is 10.2 Å². The Balaban J connectivity index is 2.82. The molecule has 0 saturated heterocycles. The van der Waals surface area contributed by atoms with E-state index < -0.39 is 0 Å². The molecule has 0 aliphatic heterocycles. The van der Waals surface area contributed by atoms with E-state index in [2.05, 4.69) is 35.8 Å². The van der Waals surface area contributed by atoms with Gasteiger partial charge in [0, 0.05) is 0 Å². The Morgan fingerprint density at radius 2 is 2.27 bits per heavy atom. The summed E-state index contributed by atoms with van der Waals surface area (Å²) in [6, 6.07) is 6.39. The van der Waals surface area contributed by atoms with Gasteiger partial charge in [0.05, 0.1) is 0 Å². The minimum absolute atomic E-state index is 0.852. The maximum atomic E-state index is 4.28. The number of rotatable bonds is 0. The Morgan fingerprint density at radius 1 is 1.45 bits per heavy atom. The molecule has 4 heteroatoms. The van der Waals surface area contributed by atoms with Gasteiger partial charge in [-0.3, -0.25) is 0 Å². The fraction of sp³-hybridized carbons (Fsp3) is 0. The zero-order chi connectivity index (χ0) is 7.84. The van der Waals surface area contributed by atoms with E-state index in [1.807, 2.05) is 0 Å². The predicted molar refractivity (Wildman–Crippen MR) is 46.5 cm³/mol. The number of thiazole rings is 1. The molecule has 0 fully saturated rings. The van der Waals surface area contributed by atoms with Crippen molar-refractivity contribution in [1.82, 2.24) is 4.98 Å². The van der Waals surface area contributed by atoms with E-state index in [1.165, 1.54) is 27.2 Å². The van der Waals surface area contributed by atoms with Gasteiger partial charge < -0.3 is 0 Å². The number of hydrogen-bond acceptors (Lipinski definition) is 3.